The minimum Gasteiger partial charge on any atom is -0.382 e. The number of rotatable bonds is 8. The normalized spacial score (nSPS) is 11.0. The van der Waals surface area contributed by atoms with Gasteiger partial charge in [-0.2, -0.15) is 0 Å². The third-order valence-electron chi connectivity index (χ3n) is 2.94. The molecule has 0 heterocycles. The van der Waals surface area contributed by atoms with Gasteiger partial charge >= 0.3 is 0 Å². The molecule has 1 N–H and O–H groups in total. The van der Waals surface area contributed by atoms with Gasteiger partial charge in [0.2, 0.25) is 0 Å². The molecule has 0 saturated carbocycles. The highest BCUT2D eigenvalue weighted by Gasteiger charge is 2.06. The van der Waals surface area contributed by atoms with Crippen molar-refractivity contribution in [1.29, 1.82) is 0 Å². The van der Waals surface area contributed by atoms with Crippen LogP contribution in [0.25, 0.3) is 0 Å². The average molecular weight is 423 g/mol. The maximum atomic E-state index is 12.9. The standard InChI is InChI=1S/C16H26FN3O.HI/c1-4-18-16(19-11-6-12-21-5-2)20(3)13-14-7-9-15(17)10-8-14;/h7-10H,4-6,11-13H2,1-3H3,(H,18,19);1H. The zero-order valence-electron chi connectivity index (χ0n) is 13.6. The van der Waals surface area contributed by atoms with Crippen molar-refractivity contribution >= 4 is 29.9 Å². The highest BCUT2D eigenvalue weighted by atomic mass is 127. The van der Waals surface area contributed by atoms with Gasteiger partial charge in [0.15, 0.2) is 5.96 Å². The summed E-state index contributed by atoms with van der Waals surface area (Å²) < 4.78 is 18.2. The van der Waals surface area contributed by atoms with E-state index >= 15 is 0 Å². The van der Waals surface area contributed by atoms with Crippen molar-refractivity contribution in [2.75, 3.05) is 33.4 Å². The van der Waals surface area contributed by atoms with Crippen LogP contribution in [0.3, 0.4) is 0 Å². The molecule has 0 atom stereocenters. The van der Waals surface area contributed by atoms with Gasteiger partial charge in [0.1, 0.15) is 5.82 Å². The van der Waals surface area contributed by atoms with Gasteiger partial charge in [-0.15, -0.1) is 24.0 Å². The number of benzene rings is 1. The van der Waals surface area contributed by atoms with E-state index in [1.165, 1.54) is 12.1 Å². The van der Waals surface area contributed by atoms with Crippen molar-refractivity contribution in [3.63, 3.8) is 0 Å². The number of aliphatic imine (C=N–C) groups is 1. The van der Waals surface area contributed by atoms with E-state index in [-0.39, 0.29) is 29.8 Å². The van der Waals surface area contributed by atoms with Crippen LogP contribution < -0.4 is 5.32 Å². The molecule has 0 aliphatic rings. The molecule has 0 aliphatic carbocycles. The Morgan fingerprint density at radius 3 is 2.55 bits per heavy atom. The van der Waals surface area contributed by atoms with Crippen molar-refractivity contribution in [3.8, 4) is 0 Å². The number of ether oxygens (including phenoxy) is 1. The van der Waals surface area contributed by atoms with E-state index in [1.807, 2.05) is 25.8 Å². The van der Waals surface area contributed by atoms with Crippen LogP contribution in [0.1, 0.15) is 25.8 Å². The van der Waals surface area contributed by atoms with Crippen molar-refractivity contribution in [3.05, 3.63) is 35.6 Å². The third-order valence-corrected chi connectivity index (χ3v) is 2.94. The molecule has 0 bridgehead atoms. The molecule has 0 fully saturated rings. The first-order valence-electron chi connectivity index (χ1n) is 7.49. The number of hydrogen-bond acceptors (Lipinski definition) is 2. The summed E-state index contributed by atoms with van der Waals surface area (Å²) in [5.41, 5.74) is 1.05. The van der Waals surface area contributed by atoms with Crippen molar-refractivity contribution < 1.29 is 9.13 Å². The van der Waals surface area contributed by atoms with Gasteiger partial charge in [0, 0.05) is 39.9 Å². The molecule has 0 aliphatic heterocycles. The fourth-order valence-electron chi connectivity index (χ4n) is 1.90. The average Bonchev–Trinajstić information content (AvgIpc) is 2.48. The molecule has 1 aromatic rings. The number of guanidine groups is 1. The third kappa shape index (κ3) is 8.53. The molecular formula is C16H27FIN3O. The van der Waals surface area contributed by atoms with Crippen LogP contribution in [-0.4, -0.2) is 44.2 Å². The summed E-state index contributed by atoms with van der Waals surface area (Å²) in [5, 5.41) is 3.27. The van der Waals surface area contributed by atoms with Crippen LogP contribution in [0.15, 0.2) is 29.3 Å². The Kier molecular flexibility index (Phi) is 12.1. The van der Waals surface area contributed by atoms with Crippen LogP contribution in [0.4, 0.5) is 4.39 Å². The van der Waals surface area contributed by atoms with Crippen molar-refractivity contribution in [1.82, 2.24) is 10.2 Å². The highest BCUT2D eigenvalue weighted by Crippen LogP contribution is 2.05. The van der Waals surface area contributed by atoms with Gasteiger partial charge in [-0.3, -0.25) is 4.99 Å². The van der Waals surface area contributed by atoms with Gasteiger partial charge in [0.25, 0.3) is 0 Å². The van der Waals surface area contributed by atoms with Gasteiger partial charge in [-0.1, -0.05) is 12.1 Å². The van der Waals surface area contributed by atoms with Crippen LogP contribution in [0.2, 0.25) is 0 Å². The Morgan fingerprint density at radius 2 is 1.95 bits per heavy atom. The molecule has 0 aromatic heterocycles. The summed E-state index contributed by atoms with van der Waals surface area (Å²) in [7, 11) is 1.98. The van der Waals surface area contributed by atoms with Crippen LogP contribution in [-0.2, 0) is 11.3 Å². The van der Waals surface area contributed by atoms with E-state index in [0.717, 1.165) is 44.2 Å². The number of halogens is 2. The zero-order valence-corrected chi connectivity index (χ0v) is 16.0. The number of nitrogens with one attached hydrogen (secondary N) is 1. The van der Waals surface area contributed by atoms with E-state index < -0.39 is 0 Å². The fraction of sp³-hybridized carbons (Fsp3) is 0.562. The molecule has 1 aromatic carbocycles. The lowest BCUT2D eigenvalue weighted by Crippen LogP contribution is -2.38. The lowest BCUT2D eigenvalue weighted by atomic mass is 10.2. The quantitative estimate of drug-likeness (QED) is 0.302. The topological polar surface area (TPSA) is 36.9 Å². The van der Waals surface area contributed by atoms with Gasteiger partial charge in [0.05, 0.1) is 0 Å². The lowest BCUT2D eigenvalue weighted by molar-refractivity contribution is 0.146. The van der Waals surface area contributed by atoms with Crippen molar-refractivity contribution in [2.24, 2.45) is 4.99 Å². The number of hydrogen-bond donors (Lipinski definition) is 1. The molecule has 0 radical (unpaired) electrons. The second kappa shape index (κ2) is 12.6. The van der Waals surface area contributed by atoms with Crippen LogP contribution in [0, 0.1) is 5.82 Å². The second-order valence-electron chi connectivity index (χ2n) is 4.77. The second-order valence-corrected chi connectivity index (χ2v) is 4.77. The first-order valence-corrected chi connectivity index (χ1v) is 7.49. The summed E-state index contributed by atoms with van der Waals surface area (Å²) >= 11 is 0. The first kappa shape index (κ1) is 21.1. The summed E-state index contributed by atoms with van der Waals surface area (Å²) in [6.07, 6.45) is 0.910. The van der Waals surface area contributed by atoms with Crippen molar-refractivity contribution in [2.45, 2.75) is 26.8 Å². The van der Waals surface area contributed by atoms with Crippen LogP contribution >= 0.6 is 24.0 Å². The molecule has 22 heavy (non-hydrogen) atoms. The maximum absolute atomic E-state index is 12.9. The Labute approximate surface area is 150 Å². The molecule has 126 valence electrons. The number of nitrogens with zero attached hydrogens (tertiary/aromatic N) is 2. The summed E-state index contributed by atoms with van der Waals surface area (Å²) in [4.78, 5) is 6.62. The summed E-state index contributed by atoms with van der Waals surface area (Å²) in [6.45, 7) is 7.76. The van der Waals surface area contributed by atoms with E-state index in [2.05, 4.69) is 10.3 Å². The SMILES string of the molecule is CCNC(=NCCCOCC)N(C)Cc1ccc(F)cc1.I. The molecular weight excluding hydrogens is 396 g/mol. The van der Waals surface area contributed by atoms with Gasteiger partial charge in [-0.05, 0) is 38.0 Å². The molecule has 1 rings (SSSR count). The van der Waals surface area contributed by atoms with Crippen LogP contribution in [0.5, 0.6) is 0 Å². The smallest absolute Gasteiger partial charge is 0.193 e. The Hall–Kier alpha value is -0.890. The Bertz CT molecular complexity index is 426. The molecule has 4 nitrogen and oxygen atoms in total. The minimum atomic E-state index is -0.210. The molecule has 6 heteroatoms. The summed E-state index contributed by atoms with van der Waals surface area (Å²) in [5.74, 6) is 0.649. The maximum Gasteiger partial charge on any atom is 0.193 e. The van der Waals surface area contributed by atoms with E-state index in [9.17, 15) is 4.39 Å². The highest BCUT2D eigenvalue weighted by molar-refractivity contribution is 14.0. The van der Waals surface area contributed by atoms with Gasteiger partial charge in [-0.25, -0.2) is 4.39 Å². The molecule has 0 saturated heterocycles. The van der Waals surface area contributed by atoms with Gasteiger partial charge < -0.3 is 15.0 Å². The van der Waals surface area contributed by atoms with E-state index in [0.29, 0.717) is 6.54 Å². The predicted octanol–water partition coefficient (Wildman–Crippen LogP) is 3.27. The largest absolute Gasteiger partial charge is 0.382 e. The zero-order chi connectivity index (χ0) is 15.5. The molecule has 0 unspecified atom stereocenters. The lowest BCUT2D eigenvalue weighted by Gasteiger charge is -2.22. The Morgan fingerprint density at radius 1 is 1.27 bits per heavy atom. The molecule has 0 amide bonds. The minimum absolute atomic E-state index is 0. The summed E-state index contributed by atoms with van der Waals surface area (Å²) in [6, 6.07) is 6.56. The predicted molar refractivity (Wildman–Crippen MR) is 100 cm³/mol. The Balaban J connectivity index is 0.00000441. The molecule has 0 spiro atoms. The van der Waals surface area contributed by atoms with E-state index in [1.54, 1.807) is 12.1 Å². The first-order chi connectivity index (χ1) is 10.2. The fourth-order valence-corrected chi connectivity index (χ4v) is 1.90. The monoisotopic (exact) mass is 423 g/mol. The van der Waals surface area contributed by atoms with E-state index in [4.69, 9.17) is 4.74 Å².